The molecular weight excluding hydrogens is 568 g/mol. The van der Waals surface area contributed by atoms with Crippen LogP contribution in [0.1, 0.15) is 44.2 Å². The van der Waals surface area contributed by atoms with Crippen molar-refractivity contribution in [2.24, 2.45) is 5.92 Å². The maximum absolute atomic E-state index is 13.6. The number of para-hydroxylation sites is 2. The van der Waals surface area contributed by atoms with Crippen LogP contribution in [0, 0.1) is 5.92 Å². The van der Waals surface area contributed by atoms with E-state index in [2.05, 4.69) is 39.4 Å². The number of hydrogen-bond donors (Lipinski definition) is 3. The zero-order valence-electron chi connectivity index (χ0n) is 26.6. The molecule has 0 saturated carbocycles. The van der Waals surface area contributed by atoms with E-state index in [1.165, 1.54) is 6.42 Å². The van der Waals surface area contributed by atoms with Crippen molar-refractivity contribution in [2.75, 3.05) is 55.4 Å². The number of anilines is 3. The number of carbonyl (C=O) groups excluding carboxylic acids is 2. The molecule has 10 nitrogen and oxygen atoms in total. The van der Waals surface area contributed by atoms with Crippen molar-refractivity contribution in [1.29, 1.82) is 0 Å². The van der Waals surface area contributed by atoms with E-state index in [4.69, 9.17) is 4.74 Å². The van der Waals surface area contributed by atoms with E-state index in [0.717, 1.165) is 49.4 Å². The van der Waals surface area contributed by atoms with Gasteiger partial charge in [-0.05, 0) is 81.3 Å². The summed E-state index contributed by atoms with van der Waals surface area (Å²) in [5.41, 5.74) is 4.20. The first-order chi connectivity index (χ1) is 21.8. The maximum atomic E-state index is 13.6. The highest BCUT2D eigenvalue weighted by molar-refractivity contribution is 6.02. The van der Waals surface area contributed by atoms with E-state index < -0.39 is 0 Å². The molecule has 1 fully saturated rings. The number of ether oxygens (including phenoxy) is 1. The third-order valence-corrected chi connectivity index (χ3v) is 8.72. The molecule has 0 radical (unpaired) electrons. The Kier molecular flexibility index (Phi) is 10.9. The minimum atomic E-state index is -0.352. The normalized spacial score (nSPS) is 19.5. The lowest BCUT2D eigenvalue weighted by atomic mass is 10.0. The van der Waals surface area contributed by atoms with E-state index in [1.54, 1.807) is 17.3 Å². The molecule has 1 aromatic heterocycles. The topological polar surface area (TPSA) is 110 Å². The van der Waals surface area contributed by atoms with Crippen molar-refractivity contribution in [2.45, 2.75) is 58.2 Å². The van der Waals surface area contributed by atoms with Gasteiger partial charge in [0.05, 0.1) is 30.4 Å². The number of nitrogens with zero attached hydrogens (tertiary/aromatic N) is 4. The zero-order chi connectivity index (χ0) is 31.8. The SMILES string of the molecule is CC1CN(C(C)CO)C(=O)Cc2cc(NC(=O)Nc3ccccc3N3CCCCC3)ccc2OC1CN(C)Cc1ccncc1. The Morgan fingerprint density at radius 2 is 1.84 bits per heavy atom. The smallest absolute Gasteiger partial charge is 0.323 e. The van der Waals surface area contributed by atoms with Gasteiger partial charge in [0.2, 0.25) is 5.91 Å². The van der Waals surface area contributed by atoms with Crippen LogP contribution in [0.25, 0.3) is 0 Å². The Labute approximate surface area is 266 Å². The zero-order valence-corrected chi connectivity index (χ0v) is 26.6. The largest absolute Gasteiger partial charge is 0.488 e. The number of amides is 3. The van der Waals surface area contributed by atoms with Crippen molar-refractivity contribution in [1.82, 2.24) is 14.8 Å². The average Bonchev–Trinajstić information content (AvgIpc) is 3.09. The Morgan fingerprint density at radius 3 is 2.60 bits per heavy atom. The van der Waals surface area contributed by atoms with Gasteiger partial charge >= 0.3 is 6.03 Å². The van der Waals surface area contributed by atoms with E-state index in [-0.39, 0.29) is 43.0 Å². The van der Waals surface area contributed by atoms with Crippen LogP contribution in [0.15, 0.2) is 67.0 Å². The fourth-order valence-corrected chi connectivity index (χ4v) is 6.17. The first-order valence-corrected chi connectivity index (χ1v) is 16.0. The number of aliphatic hydroxyl groups excluding tert-OH is 1. The summed E-state index contributed by atoms with van der Waals surface area (Å²) < 4.78 is 6.66. The van der Waals surface area contributed by atoms with Crippen LogP contribution in [0.3, 0.4) is 0 Å². The van der Waals surface area contributed by atoms with Gasteiger partial charge in [-0.2, -0.15) is 0 Å². The van der Waals surface area contributed by atoms with Crippen LogP contribution in [-0.2, 0) is 17.8 Å². The van der Waals surface area contributed by atoms with Gasteiger partial charge in [-0.1, -0.05) is 19.1 Å². The molecule has 3 N–H and O–H groups in total. The molecule has 5 rings (SSSR count). The molecule has 2 aromatic carbocycles. The van der Waals surface area contributed by atoms with Gasteiger partial charge in [0, 0.05) is 62.3 Å². The quantitative estimate of drug-likeness (QED) is 0.311. The predicted molar refractivity (Wildman–Crippen MR) is 178 cm³/mol. The molecule has 10 heteroatoms. The molecular formula is C35H46N6O4. The summed E-state index contributed by atoms with van der Waals surface area (Å²) in [7, 11) is 2.05. The molecule has 0 spiro atoms. The molecule has 240 valence electrons. The van der Waals surface area contributed by atoms with Gasteiger partial charge in [-0.15, -0.1) is 0 Å². The molecule has 3 aromatic rings. The number of benzene rings is 2. The highest BCUT2D eigenvalue weighted by atomic mass is 16.5. The standard InChI is InChI=1S/C35H46N6O4/c1-25-21-41(26(2)24-42)34(43)20-28-19-29(11-12-32(28)45-33(25)23-39(3)22-27-13-15-36-16-14-27)37-35(44)38-30-9-5-6-10-31(30)40-17-7-4-8-18-40/h5-6,9-16,19,25-26,33,42H,4,7-8,17-18,20-24H2,1-3H3,(H2,37,38,44). The number of rotatable bonds is 9. The van der Waals surface area contributed by atoms with E-state index in [0.29, 0.717) is 30.1 Å². The molecule has 3 unspecified atom stereocenters. The second-order valence-corrected chi connectivity index (χ2v) is 12.4. The van der Waals surface area contributed by atoms with Crippen molar-refractivity contribution in [3.05, 3.63) is 78.1 Å². The number of fused-ring (bicyclic) bond motifs is 1. The number of nitrogens with one attached hydrogen (secondary N) is 2. The number of carbonyl (C=O) groups is 2. The van der Waals surface area contributed by atoms with Crippen LogP contribution in [-0.4, -0.2) is 83.8 Å². The lowest BCUT2D eigenvalue weighted by molar-refractivity contribution is -0.134. The minimum absolute atomic E-state index is 0.00246. The van der Waals surface area contributed by atoms with Crippen molar-refractivity contribution >= 4 is 29.0 Å². The van der Waals surface area contributed by atoms with Crippen LogP contribution in [0.5, 0.6) is 5.75 Å². The van der Waals surface area contributed by atoms with Crippen LogP contribution in [0.4, 0.5) is 21.9 Å². The second kappa shape index (κ2) is 15.2. The van der Waals surface area contributed by atoms with Crippen LogP contribution < -0.4 is 20.3 Å². The first kappa shape index (κ1) is 32.2. The fourth-order valence-electron chi connectivity index (χ4n) is 6.17. The molecule has 0 aliphatic carbocycles. The highest BCUT2D eigenvalue weighted by Crippen LogP contribution is 2.31. The monoisotopic (exact) mass is 614 g/mol. The Balaban J connectivity index is 1.34. The second-order valence-electron chi connectivity index (χ2n) is 12.4. The first-order valence-electron chi connectivity index (χ1n) is 16.0. The summed E-state index contributed by atoms with van der Waals surface area (Å²) in [4.78, 5) is 37.2. The summed E-state index contributed by atoms with van der Waals surface area (Å²) in [6, 6.07) is 16.7. The van der Waals surface area contributed by atoms with Gasteiger partial charge in [0.1, 0.15) is 11.9 Å². The molecule has 3 amide bonds. The number of pyridine rings is 1. The lowest BCUT2D eigenvalue weighted by Crippen LogP contribution is -2.47. The number of aromatic nitrogens is 1. The van der Waals surface area contributed by atoms with E-state index in [1.807, 2.05) is 61.5 Å². The number of urea groups is 1. The fraction of sp³-hybridized carbons (Fsp3) is 0.457. The van der Waals surface area contributed by atoms with Crippen LogP contribution >= 0.6 is 0 Å². The number of hydrogen-bond acceptors (Lipinski definition) is 7. The summed E-state index contributed by atoms with van der Waals surface area (Å²) in [5, 5.41) is 16.0. The van der Waals surface area contributed by atoms with E-state index >= 15 is 0 Å². The van der Waals surface area contributed by atoms with Crippen molar-refractivity contribution in [3.8, 4) is 5.75 Å². The summed E-state index contributed by atoms with van der Waals surface area (Å²) >= 11 is 0. The van der Waals surface area contributed by atoms with Gasteiger partial charge < -0.3 is 30.3 Å². The van der Waals surface area contributed by atoms with Crippen molar-refractivity contribution in [3.63, 3.8) is 0 Å². The van der Waals surface area contributed by atoms with Gasteiger partial charge in [0.15, 0.2) is 0 Å². The Hall–Kier alpha value is -4.15. The maximum Gasteiger partial charge on any atom is 0.323 e. The number of likely N-dealkylation sites (N-methyl/N-ethyl adjacent to an activating group) is 1. The third kappa shape index (κ3) is 8.52. The molecule has 3 atom stereocenters. The Morgan fingerprint density at radius 1 is 1.09 bits per heavy atom. The minimum Gasteiger partial charge on any atom is -0.488 e. The lowest BCUT2D eigenvalue weighted by Gasteiger charge is -2.34. The third-order valence-electron chi connectivity index (χ3n) is 8.72. The highest BCUT2D eigenvalue weighted by Gasteiger charge is 2.31. The van der Waals surface area contributed by atoms with Gasteiger partial charge in [-0.3, -0.25) is 14.7 Å². The molecule has 45 heavy (non-hydrogen) atoms. The predicted octanol–water partition coefficient (Wildman–Crippen LogP) is 5.00. The number of aliphatic hydroxyl groups is 1. The molecule has 0 bridgehead atoms. The van der Waals surface area contributed by atoms with Crippen molar-refractivity contribution < 1.29 is 19.4 Å². The summed E-state index contributed by atoms with van der Waals surface area (Å²) in [5.74, 6) is 0.533. The molecule has 2 aliphatic rings. The van der Waals surface area contributed by atoms with Gasteiger partial charge in [0.25, 0.3) is 0 Å². The summed E-state index contributed by atoms with van der Waals surface area (Å²) in [6.45, 7) is 7.61. The molecule has 2 aliphatic heterocycles. The molecule has 1 saturated heterocycles. The van der Waals surface area contributed by atoms with Gasteiger partial charge in [-0.25, -0.2) is 4.79 Å². The van der Waals surface area contributed by atoms with Crippen LogP contribution in [0.2, 0.25) is 0 Å². The van der Waals surface area contributed by atoms with E-state index in [9.17, 15) is 14.7 Å². The molecule has 3 heterocycles. The number of piperidine rings is 1. The Bertz CT molecular complexity index is 1430. The average molecular weight is 615 g/mol. The summed E-state index contributed by atoms with van der Waals surface area (Å²) in [6.07, 6.45) is 6.98.